The number of hydrogen-bond donors (Lipinski definition) is 1. The van der Waals surface area contributed by atoms with Crippen LogP contribution in [0.4, 0.5) is 5.13 Å². The molecule has 66 valence electrons. The molecule has 1 aromatic heterocycles. The van der Waals surface area contributed by atoms with E-state index in [9.17, 15) is 4.79 Å². The van der Waals surface area contributed by atoms with Crippen molar-refractivity contribution in [3.8, 4) is 0 Å². The lowest BCUT2D eigenvalue weighted by Crippen LogP contribution is -2.20. The minimum atomic E-state index is -0.800. The molecule has 1 N–H and O–H groups in total. The van der Waals surface area contributed by atoms with Crippen molar-refractivity contribution in [1.82, 2.24) is 10.2 Å². The molecule has 6 heteroatoms. The van der Waals surface area contributed by atoms with Crippen molar-refractivity contribution in [3.05, 3.63) is 5.51 Å². The van der Waals surface area contributed by atoms with E-state index < -0.39 is 5.97 Å². The monoisotopic (exact) mass is 187 g/mol. The van der Waals surface area contributed by atoms with Gasteiger partial charge in [0.1, 0.15) is 5.51 Å². The highest BCUT2D eigenvalue weighted by Crippen LogP contribution is 2.13. The third-order valence-electron chi connectivity index (χ3n) is 1.34. The van der Waals surface area contributed by atoms with Gasteiger partial charge in [0.2, 0.25) is 5.13 Å². The van der Waals surface area contributed by atoms with Gasteiger partial charge in [-0.05, 0) is 0 Å². The first-order chi connectivity index (χ1) is 5.70. The number of aliphatic carboxylic acids is 1. The van der Waals surface area contributed by atoms with Crippen LogP contribution < -0.4 is 4.90 Å². The number of carbonyl (C=O) groups is 1. The van der Waals surface area contributed by atoms with Gasteiger partial charge in [0.05, 0.1) is 6.42 Å². The summed E-state index contributed by atoms with van der Waals surface area (Å²) in [5.74, 6) is -0.800. The Balaban J connectivity index is 2.39. The molecule has 1 heterocycles. The van der Waals surface area contributed by atoms with Crippen LogP contribution in [0.2, 0.25) is 0 Å². The lowest BCUT2D eigenvalue weighted by Gasteiger charge is -2.12. The zero-order valence-electron chi connectivity index (χ0n) is 6.60. The standard InChI is InChI=1S/C6H9N3O2S/c1-9(3-2-5(10)11)6-8-7-4-12-6/h4H,2-3H2,1H3,(H,10,11). The van der Waals surface area contributed by atoms with E-state index in [1.54, 1.807) is 17.5 Å². The van der Waals surface area contributed by atoms with E-state index in [4.69, 9.17) is 5.11 Å². The Morgan fingerprint density at radius 2 is 2.58 bits per heavy atom. The van der Waals surface area contributed by atoms with Crippen molar-refractivity contribution in [2.24, 2.45) is 0 Å². The normalized spacial score (nSPS) is 9.75. The van der Waals surface area contributed by atoms with E-state index in [1.165, 1.54) is 11.3 Å². The first-order valence-corrected chi connectivity index (χ1v) is 4.27. The van der Waals surface area contributed by atoms with Crippen LogP contribution in [0.25, 0.3) is 0 Å². The maximum absolute atomic E-state index is 10.2. The summed E-state index contributed by atoms with van der Waals surface area (Å²) >= 11 is 1.39. The van der Waals surface area contributed by atoms with Gasteiger partial charge >= 0.3 is 5.97 Å². The Labute approximate surface area is 73.7 Å². The van der Waals surface area contributed by atoms with Gasteiger partial charge in [-0.25, -0.2) is 0 Å². The van der Waals surface area contributed by atoms with Gasteiger partial charge in [-0.15, -0.1) is 10.2 Å². The van der Waals surface area contributed by atoms with Crippen LogP contribution in [-0.2, 0) is 4.79 Å². The topological polar surface area (TPSA) is 66.3 Å². The molecule has 0 saturated heterocycles. The molecular formula is C6H9N3O2S. The number of anilines is 1. The Morgan fingerprint density at radius 1 is 1.83 bits per heavy atom. The second-order valence-electron chi connectivity index (χ2n) is 2.29. The summed E-state index contributed by atoms with van der Waals surface area (Å²) in [4.78, 5) is 12.0. The molecule has 0 radical (unpaired) electrons. The fraction of sp³-hybridized carbons (Fsp3) is 0.500. The van der Waals surface area contributed by atoms with Crippen LogP contribution in [-0.4, -0.2) is 34.9 Å². The maximum atomic E-state index is 10.2. The molecule has 0 aliphatic rings. The van der Waals surface area contributed by atoms with Crippen molar-refractivity contribution in [1.29, 1.82) is 0 Å². The Hall–Kier alpha value is -1.17. The average molecular weight is 187 g/mol. The maximum Gasteiger partial charge on any atom is 0.305 e. The minimum Gasteiger partial charge on any atom is -0.481 e. The Kier molecular flexibility index (Phi) is 2.98. The number of carboxylic acid groups (broad SMARTS) is 1. The van der Waals surface area contributed by atoms with E-state index in [2.05, 4.69) is 10.2 Å². The highest BCUT2D eigenvalue weighted by Gasteiger charge is 2.05. The highest BCUT2D eigenvalue weighted by atomic mass is 32.1. The zero-order chi connectivity index (χ0) is 8.97. The van der Waals surface area contributed by atoms with E-state index in [1.807, 2.05) is 0 Å². The SMILES string of the molecule is CN(CCC(=O)O)c1nncs1. The molecular weight excluding hydrogens is 178 g/mol. The number of nitrogens with zero attached hydrogens (tertiary/aromatic N) is 3. The molecule has 0 atom stereocenters. The van der Waals surface area contributed by atoms with Crippen LogP contribution in [0.5, 0.6) is 0 Å². The summed E-state index contributed by atoms with van der Waals surface area (Å²) < 4.78 is 0. The number of hydrogen-bond acceptors (Lipinski definition) is 5. The molecule has 12 heavy (non-hydrogen) atoms. The number of rotatable bonds is 4. The van der Waals surface area contributed by atoms with Gasteiger partial charge in [-0.1, -0.05) is 11.3 Å². The van der Waals surface area contributed by atoms with E-state index >= 15 is 0 Å². The van der Waals surface area contributed by atoms with Gasteiger partial charge in [0, 0.05) is 13.6 Å². The largest absolute Gasteiger partial charge is 0.481 e. The third-order valence-corrected chi connectivity index (χ3v) is 2.14. The van der Waals surface area contributed by atoms with Gasteiger partial charge in [0.25, 0.3) is 0 Å². The van der Waals surface area contributed by atoms with Crippen LogP contribution in [0.15, 0.2) is 5.51 Å². The molecule has 1 aromatic rings. The van der Waals surface area contributed by atoms with Crippen LogP contribution in [0.1, 0.15) is 6.42 Å². The average Bonchev–Trinajstić information content (AvgIpc) is 2.51. The first kappa shape index (κ1) is 8.92. The Morgan fingerprint density at radius 3 is 3.08 bits per heavy atom. The molecule has 1 rings (SSSR count). The summed E-state index contributed by atoms with van der Waals surface area (Å²) in [7, 11) is 1.80. The fourth-order valence-corrected chi connectivity index (χ4v) is 1.25. The Bertz CT molecular complexity index is 249. The molecule has 0 unspecified atom stereocenters. The highest BCUT2D eigenvalue weighted by molar-refractivity contribution is 7.13. The van der Waals surface area contributed by atoms with Gasteiger partial charge in [-0.3, -0.25) is 4.79 Å². The van der Waals surface area contributed by atoms with Crippen molar-refractivity contribution in [2.45, 2.75) is 6.42 Å². The summed E-state index contributed by atoms with van der Waals surface area (Å²) in [6.07, 6.45) is 0.121. The van der Waals surface area contributed by atoms with Crippen molar-refractivity contribution < 1.29 is 9.90 Å². The molecule has 0 amide bonds. The van der Waals surface area contributed by atoms with Gasteiger partial charge < -0.3 is 10.0 Å². The number of aromatic nitrogens is 2. The molecule has 0 aromatic carbocycles. The van der Waals surface area contributed by atoms with Crippen molar-refractivity contribution in [2.75, 3.05) is 18.5 Å². The predicted molar refractivity (Wildman–Crippen MR) is 45.4 cm³/mol. The minimum absolute atomic E-state index is 0.121. The van der Waals surface area contributed by atoms with Gasteiger partial charge in [-0.2, -0.15) is 0 Å². The summed E-state index contributed by atoms with van der Waals surface area (Å²) in [6.45, 7) is 0.463. The molecule has 0 bridgehead atoms. The van der Waals surface area contributed by atoms with E-state index in [0.29, 0.717) is 6.54 Å². The zero-order valence-corrected chi connectivity index (χ0v) is 7.41. The van der Waals surface area contributed by atoms with E-state index in [-0.39, 0.29) is 6.42 Å². The summed E-state index contributed by atoms with van der Waals surface area (Å²) in [5.41, 5.74) is 1.62. The summed E-state index contributed by atoms with van der Waals surface area (Å²) in [5, 5.41) is 16.6. The first-order valence-electron chi connectivity index (χ1n) is 3.39. The molecule has 0 spiro atoms. The lowest BCUT2D eigenvalue weighted by molar-refractivity contribution is -0.136. The second kappa shape index (κ2) is 4.01. The van der Waals surface area contributed by atoms with Crippen LogP contribution in [0, 0.1) is 0 Å². The molecule has 0 fully saturated rings. The lowest BCUT2D eigenvalue weighted by atomic mass is 10.4. The number of carboxylic acids is 1. The molecule has 0 saturated carbocycles. The molecule has 5 nitrogen and oxygen atoms in total. The van der Waals surface area contributed by atoms with Crippen LogP contribution >= 0.6 is 11.3 Å². The smallest absolute Gasteiger partial charge is 0.305 e. The quantitative estimate of drug-likeness (QED) is 0.741. The fourth-order valence-electron chi connectivity index (χ4n) is 0.693. The summed E-state index contributed by atoms with van der Waals surface area (Å²) in [6, 6.07) is 0. The van der Waals surface area contributed by atoms with Crippen molar-refractivity contribution in [3.63, 3.8) is 0 Å². The van der Waals surface area contributed by atoms with Gasteiger partial charge in [0.15, 0.2) is 0 Å². The second-order valence-corrected chi connectivity index (χ2v) is 3.10. The van der Waals surface area contributed by atoms with Crippen molar-refractivity contribution >= 4 is 22.4 Å². The van der Waals surface area contributed by atoms with Crippen LogP contribution in [0.3, 0.4) is 0 Å². The third kappa shape index (κ3) is 2.46. The van der Waals surface area contributed by atoms with E-state index in [0.717, 1.165) is 5.13 Å². The predicted octanol–water partition coefficient (Wildman–Crippen LogP) is 0.449. The molecule has 0 aliphatic carbocycles. The molecule has 0 aliphatic heterocycles.